The number of aliphatic hydroxyl groups is 1. The van der Waals surface area contributed by atoms with Crippen molar-refractivity contribution in [1.82, 2.24) is 9.03 Å². The zero-order chi connectivity index (χ0) is 13.2. The van der Waals surface area contributed by atoms with Gasteiger partial charge in [0.05, 0.1) is 12.1 Å². The maximum absolute atomic E-state index is 12.4. The van der Waals surface area contributed by atoms with Gasteiger partial charge in [-0.2, -0.15) is 17.4 Å². The van der Waals surface area contributed by atoms with E-state index in [0.717, 1.165) is 38.5 Å². The minimum atomic E-state index is -3.45. The van der Waals surface area contributed by atoms with E-state index < -0.39 is 15.7 Å². The van der Waals surface area contributed by atoms with Crippen molar-refractivity contribution in [1.29, 1.82) is 0 Å². The third kappa shape index (κ3) is 3.04. The number of hydrogen-bond acceptors (Lipinski definition) is 3. The molecule has 18 heavy (non-hydrogen) atoms. The Balaban J connectivity index is 2.06. The first-order valence-electron chi connectivity index (χ1n) is 6.87. The van der Waals surface area contributed by atoms with Crippen molar-refractivity contribution in [2.45, 2.75) is 51.0 Å². The summed E-state index contributed by atoms with van der Waals surface area (Å²) in [7, 11) is -3.45. The first-order chi connectivity index (χ1) is 8.47. The Bertz CT molecular complexity index is 377. The third-order valence-corrected chi connectivity index (χ3v) is 5.87. The van der Waals surface area contributed by atoms with Crippen LogP contribution in [0.25, 0.3) is 0 Å². The number of nitrogens with one attached hydrogen (secondary N) is 1. The van der Waals surface area contributed by atoms with Gasteiger partial charge in [-0.3, -0.25) is 0 Å². The average molecular weight is 276 g/mol. The van der Waals surface area contributed by atoms with Gasteiger partial charge in [0.25, 0.3) is 10.2 Å². The summed E-state index contributed by atoms with van der Waals surface area (Å²) in [5.74, 6) is 0.420. The molecule has 1 saturated carbocycles. The standard InChI is InChI=1S/C12H24N2O3S/c1-11-5-4-8-14(9-11)18(16,17)13-12(10-15)6-2-3-7-12/h11,13,15H,2-10H2,1H3. The lowest BCUT2D eigenvalue weighted by molar-refractivity contribution is 0.180. The lowest BCUT2D eigenvalue weighted by atomic mass is 10.0. The molecule has 0 spiro atoms. The van der Waals surface area contributed by atoms with Crippen molar-refractivity contribution in [2.24, 2.45) is 5.92 Å². The maximum Gasteiger partial charge on any atom is 0.280 e. The first-order valence-corrected chi connectivity index (χ1v) is 8.31. The lowest BCUT2D eigenvalue weighted by Crippen LogP contribution is -2.55. The van der Waals surface area contributed by atoms with E-state index in [1.807, 2.05) is 0 Å². The molecule has 2 aliphatic rings. The zero-order valence-corrected chi connectivity index (χ0v) is 11.9. The van der Waals surface area contributed by atoms with Gasteiger partial charge in [0.15, 0.2) is 0 Å². The van der Waals surface area contributed by atoms with Crippen molar-refractivity contribution in [3.8, 4) is 0 Å². The van der Waals surface area contributed by atoms with Gasteiger partial charge in [-0.1, -0.05) is 19.8 Å². The molecular formula is C12H24N2O3S. The predicted octanol–water partition coefficient (Wildman–Crippen LogP) is 0.858. The predicted molar refractivity (Wildman–Crippen MR) is 70.3 cm³/mol. The molecule has 0 aromatic carbocycles. The van der Waals surface area contributed by atoms with Crippen molar-refractivity contribution >= 4 is 10.2 Å². The van der Waals surface area contributed by atoms with Crippen LogP contribution in [0.15, 0.2) is 0 Å². The molecule has 1 heterocycles. The largest absolute Gasteiger partial charge is 0.394 e. The molecule has 106 valence electrons. The van der Waals surface area contributed by atoms with E-state index >= 15 is 0 Å². The van der Waals surface area contributed by atoms with Crippen LogP contribution >= 0.6 is 0 Å². The fraction of sp³-hybridized carbons (Fsp3) is 1.00. The summed E-state index contributed by atoms with van der Waals surface area (Å²) in [5, 5.41) is 9.48. The summed E-state index contributed by atoms with van der Waals surface area (Å²) in [4.78, 5) is 0. The second-order valence-corrected chi connectivity index (χ2v) is 7.53. The number of nitrogens with zero attached hydrogens (tertiary/aromatic N) is 1. The lowest BCUT2D eigenvalue weighted by Gasteiger charge is -2.35. The molecule has 1 aliphatic carbocycles. The molecule has 0 aromatic rings. The van der Waals surface area contributed by atoms with Gasteiger partial charge in [0, 0.05) is 13.1 Å². The highest BCUT2D eigenvalue weighted by Gasteiger charge is 2.39. The minimum absolute atomic E-state index is 0.102. The molecule has 0 aromatic heterocycles. The fourth-order valence-electron chi connectivity index (χ4n) is 3.05. The molecule has 1 unspecified atom stereocenters. The molecule has 1 atom stereocenters. The Kier molecular flexibility index (Phi) is 4.31. The average Bonchev–Trinajstić information content (AvgIpc) is 2.77. The summed E-state index contributed by atoms with van der Waals surface area (Å²) in [5.41, 5.74) is -0.612. The van der Waals surface area contributed by atoms with E-state index in [4.69, 9.17) is 0 Å². The third-order valence-electron chi connectivity index (χ3n) is 4.17. The Hall–Kier alpha value is -0.170. The van der Waals surface area contributed by atoms with Crippen LogP contribution < -0.4 is 4.72 Å². The molecule has 0 bridgehead atoms. The minimum Gasteiger partial charge on any atom is -0.394 e. The fourth-order valence-corrected chi connectivity index (χ4v) is 4.81. The zero-order valence-electron chi connectivity index (χ0n) is 11.1. The van der Waals surface area contributed by atoms with E-state index in [2.05, 4.69) is 11.6 Å². The second kappa shape index (κ2) is 5.45. The molecular weight excluding hydrogens is 252 g/mol. The SMILES string of the molecule is CC1CCCN(S(=O)(=O)NC2(CO)CCCC2)C1. The topological polar surface area (TPSA) is 69.6 Å². The maximum atomic E-state index is 12.4. The highest BCUT2D eigenvalue weighted by molar-refractivity contribution is 7.87. The molecule has 2 N–H and O–H groups in total. The quantitative estimate of drug-likeness (QED) is 0.800. The first kappa shape index (κ1) is 14.2. The van der Waals surface area contributed by atoms with Crippen molar-refractivity contribution in [2.75, 3.05) is 19.7 Å². The molecule has 2 fully saturated rings. The number of rotatable bonds is 4. The van der Waals surface area contributed by atoms with Crippen LogP contribution in [0.1, 0.15) is 45.4 Å². The van der Waals surface area contributed by atoms with Crippen LogP contribution in [0, 0.1) is 5.92 Å². The monoisotopic (exact) mass is 276 g/mol. The van der Waals surface area contributed by atoms with Gasteiger partial charge in [-0.05, 0) is 31.6 Å². The van der Waals surface area contributed by atoms with Gasteiger partial charge >= 0.3 is 0 Å². The van der Waals surface area contributed by atoms with Crippen LogP contribution in [0.5, 0.6) is 0 Å². The highest BCUT2D eigenvalue weighted by Crippen LogP contribution is 2.30. The van der Waals surface area contributed by atoms with Gasteiger partial charge in [-0.25, -0.2) is 0 Å². The Morgan fingerprint density at radius 1 is 1.33 bits per heavy atom. The van der Waals surface area contributed by atoms with Crippen molar-refractivity contribution in [3.05, 3.63) is 0 Å². The van der Waals surface area contributed by atoms with E-state index in [0.29, 0.717) is 19.0 Å². The number of piperidine rings is 1. The Labute approximate surface area is 110 Å². The van der Waals surface area contributed by atoms with Crippen LogP contribution in [-0.4, -0.2) is 43.1 Å². The number of aliphatic hydroxyl groups excluding tert-OH is 1. The summed E-state index contributed by atoms with van der Waals surface area (Å²) in [6.07, 6.45) is 5.47. The Morgan fingerprint density at radius 2 is 2.00 bits per heavy atom. The van der Waals surface area contributed by atoms with Gasteiger partial charge < -0.3 is 5.11 Å². The van der Waals surface area contributed by atoms with Crippen LogP contribution in [0.2, 0.25) is 0 Å². The molecule has 6 heteroatoms. The van der Waals surface area contributed by atoms with Crippen LogP contribution in [0.3, 0.4) is 0 Å². The van der Waals surface area contributed by atoms with E-state index in [1.165, 1.54) is 4.31 Å². The molecule has 2 rings (SSSR count). The summed E-state index contributed by atoms with van der Waals surface area (Å²) in [6, 6.07) is 0. The molecule has 1 saturated heterocycles. The van der Waals surface area contributed by atoms with Crippen molar-refractivity contribution < 1.29 is 13.5 Å². The normalized spacial score (nSPS) is 29.6. The van der Waals surface area contributed by atoms with E-state index in [-0.39, 0.29) is 6.61 Å². The van der Waals surface area contributed by atoms with Gasteiger partial charge in [-0.15, -0.1) is 0 Å². The van der Waals surface area contributed by atoms with Crippen molar-refractivity contribution in [3.63, 3.8) is 0 Å². The number of hydrogen-bond donors (Lipinski definition) is 2. The van der Waals surface area contributed by atoms with Crippen LogP contribution in [-0.2, 0) is 10.2 Å². The summed E-state index contributed by atoms with van der Waals surface area (Å²) >= 11 is 0. The van der Waals surface area contributed by atoms with E-state index in [1.54, 1.807) is 0 Å². The molecule has 5 nitrogen and oxygen atoms in total. The van der Waals surface area contributed by atoms with Gasteiger partial charge in [0.2, 0.25) is 0 Å². The second-order valence-electron chi connectivity index (χ2n) is 5.86. The van der Waals surface area contributed by atoms with Crippen LogP contribution in [0.4, 0.5) is 0 Å². The Morgan fingerprint density at radius 3 is 2.56 bits per heavy atom. The highest BCUT2D eigenvalue weighted by atomic mass is 32.2. The molecule has 1 aliphatic heterocycles. The summed E-state index contributed by atoms with van der Waals surface area (Å²) < 4.78 is 29.0. The summed E-state index contributed by atoms with van der Waals surface area (Å²) in [6.45, 7) is 3.17. The molecule has 0 amide bonds. The smallest absolute Gasteiger partial charge is 0.280 e. The molecule has 0 radical (unpaired) electrons. The van der Waals surface area contributed by atoms with Gasteiger partial charge in [0.1, 0.15) is 0 Å². The van der Waals surface area contributed by atoms with E-state index in [9.17, 15) is 13.5 Å².